The van der Waals surface area contributed by atoms with Crippen LogP contribution in [0.15, 0.2) is 101 Å². The van der Waals surface area contributed by atoms with Gasteiger partial charge in [-0.2, -0.15) is 0 Å². The van der Waals surface area contributed by atoms with Crippen molar-refractivity contribution in [3.8, 4) is 5.75 Å². The van der Waals surface area contributed by atoms with E-state index in [0.717, 1.165) is 16.8 Å². The summed E-state index contributed by atoms with van der Waals surface area (Å²) in [5.74, 6) is -0.303. The molecule has 2 aliphatic rings. The second-order valence-corrected chi connectivity index (χ2v) is 10.3. The average molecular weight is 548 g/mol. The first kappa shape index (κ1) is 26.1. The van der Waals surface area contributed by atoms with Crippen molar-refractivity contribution >= 4 is 35.0 Å². The Hall–Kier alpha value is -3.54. The van der Waals surface area contributed by atoms with Crippen LogP contribution in [0.5, 0.6) is 5.75 Å². The van der Waals surface area contributed by atoms with E-state index in [9.17, 15) is 9.59 Å². The maximum absolute atomic E-state index is 13.7. The van der Waals surface area contributed by atoms with Gasteiger partial charge >= 0.3 is 5.97 Å². The highest BCUT2D eigenvalue weighted by Gasteiger charge is 2.41. The van der Waals surface area contributed by atoms with Gasteiger partial charge in [-0.15, -0.1) is 0 Å². The first-order chi connectivity index (χ1) is 18.4. The van der Waals surface area contributed by atoms with Gasteiger partial charge in [0.25, 0.3) is 0 Å². The number of carbonyl (C=O) groups excluding carboxylic acids is 2. The number of benzene rings is 3. The van der Waals surface area contributed by atoms with Crippen LogP contribution in [0.2, 0.25) is 10.0 Å². The molecular formula is C31H27Cl2NO4. The summed E-state index contributed by atoms with van der Waals surface area (Å²) in [6.07, 6.45) is 0.996. The molecule has 0 saturated heterocycles. The molecule has 0 saturated carbocycles. The van der Waals surface area contributed by atoms with Crippen molar-refractivity contribution in [2.75, 3.05) is 13.2 Å². The minimum Gasteiger partial charge on any atom is -0.490 e. The summed E-state index contributed by atoms with van der Waals surface area (Å²) in [5.41, 5.74) is 4.41. The van der Waals surface area contributed by atoms with E-state index in [1.165, 1.54) is 0 Å². The van der Waals surface area contributed by atoms with E-state index >= 15 is 0 Å². The number of hydrogen-bond acceptors (Lipinski definition) is 5. The molecular weight excluding hydrogens is 521 g/mol. The zero-order valence-electron chi connectivity index (χ0n) is 20.9. The Morgan fingerprint density at radius 3 is 2.16 bits per heavy atom. The van der Waals surface area contributed by atoms with Crippen molar-refractivity contribution in [1.29, 1.82) is 0 Å². The van der Waals surface area contributed by atoms with Crippen LogP contribution in [0.25, 0.3) is 0 Å². The number of rotatable bonds is 7. The number of Topliss-reactive ketones (excluding diaryl/α,β-unsaturated/α-hetero) is 1. The van der Waals surface area contributed by atoms with Crippen LogP contribution in [-0.4, -0.2) is 25.0 Å². The van der Waals surface area contributed by atoms with Gasteiger partial charge < -0.3 is 14.8 Å². The predicted octanol–water partition coefficient (Wildman–Crippen LogP) is 6.98. The lowest BCUT2D eigenvalue weighted by Gasteiger charge is -2.36. The van der Waals surface area contributed by atoms with E-state index in [0.29, 0.717) is 45.5 Å². The fraction of sp³-hybridized carbons (Fsp3) is 0.226. The molecule has 0 fully saturated rings. The molecule has 0 unspecified atom stereocenters. The molecule has 0 bridgehead atoms. The maximum atomic E-state index is 13.7. The Balaban J connectivity index is 1.41. The van der Waals surface area contributed by atoms with Crippen molar-refractivity contribution in [2.24, 2.45) is 0 Å². The Bertz CT molecular complexity index is 1400. The van der Waals surface area contributed by atoms with Crippen LogP contribution in [0.4, 0.5) is 0 Å². The van der Waals surface area contributed by atoms with E-state index in [4.69, 9.17) is 32.7 Å². The number of nitrogens with one attached hydrogen (secondary N) is 1. The molecule has 5 rings (SSSR count). The molecule has 0 aromatic heterocycles. The third-order valence-electron chi connectivity index (χ3n) is 6.92. The molecule has 3 aromatic rings. The first-order valence-corrected chi connectivity index (χ1v) is 13.3. The number of halogens is 2. The summed E-state index contributed by atoms with van der Waals surface area (Å²) in [5, 5.41) is 4.61. The fourth-order valence-corrected chi connectivity index (χ4v) is 5.41. The highest BCUT2D eigenvalue weighted by atomic mass is 35.5. The van der Waals surface area contributed by atoms with E-state index in [1.807, 2.05) is 73.7 Å². The van der Waals surface area contributed by atoms with E-state index in [2.05, 4.69) is 5.32 Å². The number of dihydropyridines is 1. The van der Waals surface area contributed by atoms with Crippen molar-refractivity contribution in [3.05, 3.63) is 123 Å². The summed E-state index contributed by atoms with van der Waals surface area (Å²) in [6.45, 7) is 2.15. The summed E-state index contributed by atoms with van der Waals surface area (Å²) in [4.78, 5) is 27.1. The van der Waals surface area contributed by atoms with Gasteiger partial charge in [-0.25, -0.2) is 4.79 Å². The average Bonchev–Trinajstić information content (AvgIpc) is 2.91. The van der Waals surface area contributed by atoms with Crippen molar-refractivity contribution < 1.29 is 19.1 Å². The summed E-state index contributed by atoms with van der Waals surface area (Å²) < 4.78 is 11.3. The third-order valence-corrected chi connectivity index (χ3v) is 7.42. The highest BCUT2D eigenvalue weighted by molar-refractivity contribution is 6.30. The molecule has 194 valence electrons. The maximum Gasteiger partial charge on any atom is 0.336 e. The van der Waals surface area contributed by atoms with Gasteiger partial charge in [-0.05, 0) is 66.8 Å². The Morgan fingerprint density at radius 1 is 0.868 bits per heavy atom. The standard InChI is InChI=1S/C31H27Cl2NO4/c1-19-28(31(36)38-16-15-37-25-5-3-2-4-6-25)29(21-9-13-24(33)14-10-21)30-26(34-19)17-22(18-27(30)35)20-7-11-23(32)12-8-20/h2-14,22,29,34H,15-18H2,1H3/t22-,29-/m0/s1. The van der Waals surface area contributed by atoms with Gasteiger partial charge in [0.2, 0.25) is 0 Å². The van der Waals surface area contributed by atoms with Gasteiger partial charge in [0.1, 0.15) is 19.0 Å². The number of allylic oxidation sites excluding steroid dienone is 3. The molecule has 7 heteroatoms. The molecule has 3 aromatic carbocycles. The molecule has 2 atom stereocenters. The highest BCUT2D eigenvalue weighted by Crippen LogP contribution is 2.46. The SMILES string of the molecule is CC1=C(C(=O)OCCOc2ccccc2)[C@H](c2ccc(Cl)cc2)C2=C(C[C@H](c3ccc(Cl)cc3)CC2=O)N1. The summed E-state index contributed by atoms with van der Waals surface area (Å²) >= 11 is 12.2. The largest absolute Gasteiger partial charge is 0.490 e. The fourth-order valence-electron chi connectivity index (χ4n) is 5.16. The summed E-state index contributed by atoms with van der Waals surface area (Å²) in [7, 11) is 0. The minimum absolute atomic E-state index is 0.00357. The van der Waals surface area contributed by atoms with Gasteiger partial charge in [0.05, 0.1) is 5.57 Å². The number of para-hydroxylation sites is 1. The number of hydrogen-bond donors (Lipinski definition) is 1. The minimum atomic E-state index is -0.551. The molecule has 0 radical (unpaired) electrons. The zero-order chi connectivity index (χ0) is 26.6. The zero-order valence-corrected chi connectivity index (χ0v) is 22.4. The van der Waals surface area contributed by atoms with Crippen LogP contribution in [0.1, 0.15) is 42.7 Å². The van der Waals surface area contributed by atoms with Gasteiger partial charge in [-0.1, -0.05) is 65.7 Å². The Labute approximate surface area is 232 Å². The van der Waals surface area contributed by atoms with Crippen LogP contribution in [0.3, 0.4) is 0 Å². The molecule has 1 N–H and O–H groups in total. The Morgan fingerprint density at radius 2 is 1.50 bits per heavy atom. The predicted molar refractivity (Wildman–Crippen MR) is 148 cm³/mol. The molecule has 5 nitrogen and oxygen atoms in total. The van der Waals surface area contributed by atoms with E-state index < -0.39 is 11.9 Å². The van der Waals surface area contributed by atoms with Gasteiger partial charge in [0, 0.05) is 39.4 Å². The van der Waals surface area contributed by atoms with Crippen LogP contribution in [0, 0.1) is 0 Å². The number of esters is 1. The van der Waals surface area contributed by atoms with E-state index in [1.54, 1.807) is 12.1 Å². The Kier molecular flexibility index (Phi) is 7.87. The first-order valence-electron chi connectivity index (χ1n) is 12.5. The molecule has 0 spiro atoms. The number of ketones is 1. The monoisotopic (exact) mass is 547 g/mol. The lowest BCUT2D eigenvalue weighted by atomic mass is 9.72. The lowest BCUT2D eigenvalue weighted by molar-refractivity contribution is -0.140. The second-order valence-electron chi connectivity index (χ2n) is 9.42. The van der Waals surface area contributed by atoms with Gasteiger partial charge in [0.15, 0.2) is 5.78 Å². The van der Waals surface area contributed by atoms with Crippen LogP contribution < -0.4 is 10.1 Å². The van der Waals surface area contributed by atoms with Crippen molar-refractivity contribution in [2.45, 2.75) is 31.6 Å². The van der Waals surface area contributed by atoms with Crippen molar-refractivity contribution in [3.63, 3.8) is 0 Å². The van der Waals surface area contributed by atoms with Gasteiger partial charge in [-0.3, -0.25) is 4.79 Å². The summed E-state index contributed by atoms with van der Waals surface area (Å²) in [6, 6.07) is 24.2. The topological polar surface area (TPSA) is 64.6 Å². The molecule has 38 heavy (non-hydrogen) atoms. The smallest absolute Gasteiger partial charge is 0.336 e. The normalized spacial score (nSPS) is 19.1. The third kappa shape index (κ3) is 5.64. The quantitative estimate of drug-likeness (QED) is 0.255. The molecule has 1 aliphatic carbocycles. The number of ether oxygens (including phenoxy) is 2. The van der Waals surface area contributed by atoms with Crippen LogP contribution in [-0.2, 0) is 14.3 Å². The van der Waals surface area contributed by atoms with E-state index in [-0.39, 0.29) is 24.9 Å². The van der Waals surface area contributed by atoms with Crippen LogP contribution >= 0.6 is 23.2 Å². The molecule has 1 heterocycles. The van der Waals surface area contributed by atoms with Crippen molar-refractivity contribution in [1.82, 2.24) is 5.32 Å². The lowest BCUT2D eigenvalue weighted by Crippen LogP contribution is -2.36. The molecule has 0 amide bonds. The second kappa shape index (κ2) is 11.5. The number of carbonyl (C=O) groups is 2. The molecule has 1 aliphatic heterocycles.